The molecule has 1 aliphatic carbocycles. The summed E-state index contributed by atoms with van der Waals surface area (Å²) in [5.41, 5.74) is 8.30. The lowest BCUT2D eigenvalue weighted by molar-refractivity contribution is 0.149. The second kappa shape index (κ2) is 9.26. The predicted octanol–water partition coefficient (Wildman–Crippen LogP) is 1.87. The van der Waals surface area contributed by atoms with E-state index in [1.807, 2.05) is 35.2 Å². The van der Waals surface area contributed by atoms with Gasteiger partial charge in [0.2, 0.25) is 0 Å². The number of rotatable bonds is 9. The number of hydrogen-bond donors (Lipinski definition) is 4. The minimum absolute atomic E-state index is 0.113. The lowest BCUT2D eigenvalue weighted by atomic mass is 10.1. The summed E-state index contributed by atoms with van der Waals surface area (Å²) in [6, 6.07) is 5.73. The van der Waals surface area contributed by atoms with Crippen LogP contribution in [0.2, 0.25) is 0 Å². The molecule has 0 aromatic carbocycles. The quantitative estimate of drug-likeness (QED) is 0.308. The van der Waals surface area contributed by atoms with Crippen LogP contribution in [0.4, 0.5) is 11.5 Å². The van der Waals surface area contributed by atoms with Gasteiger partial charge in [-0.25, -0.2) is 14.5 Å². The number of pyridine rings is 1. The Morgan fingerprint density at radius 2 is 2.16 bits per heavy atom. The first-order valence-electron chi connectivity index (χ1n) is 9.93. The zero-order valence-electron chi connectivity index (χ0n) is 16.9. The van der Waals surface area contributed by atoms with E-state index < -0.39 is 0 Å². The standard InChI is InChI=1S/C21H24N8O2/c22-15-12-16(23)19(31-11-10-30)13-17(15)26-20-18-4-1-2-8-29(18)27-21(20)25-5-3-7-28-9-6-24-14-28/h1-2,4,6,8-9,12-14,22,30H,3,5,7,10-11,23H2,(H,25,27). The van der Waals surface area contributed by atoms with Crippen LogP contribution in [-0.4, -0.2) is 55.5 Å². The molecule has 0 spiro atoms. The maximum Gasteiger partial charge on any atom is 0.175 e. The lowest BCUT2D eigenvalue weighted by Crippen LogP contribution is -2.20. The van der Waals surface area contributed by atoms with Gasteiger partial charge in [0.05, 0.1) is 35.6 Å². The molecule has 31 heavy (non-hydrogen) atoms. The first-order valence-corrected chi connectivity index (χ1v) is 9.93. The van der Waals surface area contributed by atoms with Crippen molar-refractivity contribution in [1.29, 1.82) is 5.41 Å². The van der Waals surface area contributed by atoms with Gasteiger partial charge in [0, 0.05) is 37.8 Å². The molecule has 3 aromatic heterocycles. The number of imidazole rings is 1. The second-order valence-corrected chi connectivity index (χ2v) is 6.90. The van der Waals surface area contributed by atoms with Crippen molar-refractivity contribution >= 4 is 28.4 Å². The van der Waals surface area contributed by atoms with Gasteiger partial charge >= 0.3 is 0 Å². The van der Waals surface area contributed by atoms with Crippen molar-refractivity contribution in [2.75, 3.05) is 25.1 Å². The first-order chi connectivity index (χ1) is 15.2. The molecule has 1 aliphatic rings. The molecule has 0 unspecified atom stereocenters. The van der Waals surface area contributed by atoms with Crippen LogP contribution < -0.4 is 11.1 Å². The Morgan fingerprint density at radius 1 is 1.26 bits per heavy atom. The van der Waals surface area contributed by atoms with Gasteiger partial charge in [-0.3, -0.25) is 5.41 Å². The number of aromatic nitrogens is 4. The molecule has 5 N–H and O–H groups in total. The molecule has 0 amide bonds. The number of allylic oxidation sites excluding steroid dienone is 2. The number of aliphatic hydroxyl groups excluding tert-OH is 1. The summed E-state index contributed by atoms with van der Waals surface area (Å²) in [5, 5.41) is 25.3. The van der Waals surface area contributed by atoms with Crippen molar-refractivity contribution in [3.63, 3.8) is 0 Å². The van der Waals surface area contributed by atoms with E-state index in [1.54, 1.807) is 23.1 Å². The van der Waals surface area contributed by atoms with Gasteiger partial charge in [-0.05, 0) is 24.6 Å². The molecule has 0 atom stereocenters. The van der Waals surface area contributed by atoms with Crippen molar-refractivity contribution in [2.45, 2.75) is 13.0 Å². The summed E-state index contributed by atoms with van der Waals surface area (Å²) in [6.45, 7) is 1.52. The highest BCUT2D eigenvalue weighted by Crippen LogP contribution is 2.30. The van der Waals surface area contributed by atoms with Crippen LogP contribution in [-0.2, 0) is 11.3 Å². The Bertz CT molecular complexity index is 1160. The Labute approximate surface area is 178 Å². The van der Waals surface area contributed by atoms with Gasteiger partial charge in [-0.15, -0.1) is 5.10 Å². The number of nitrogens with one attached hydrogen (secondary N) is 2. The molecule has 0 radical (unpaired) electrons. The monoisotopic (exact) mass is 420 g/mol. The lowest BCUT2D eigenvalue weighted by Gasteiger charge is -2.15. The number of aliphatic hydroxyl groups is 1. The molecular formula is C21H24N8O2. The predicted molar refractivity (Wildman–Crippen MR) is 119 cm³/mol. The number of ether oxygens (including phenoxy) is 1. The third-order valence-electron chi connectivity index (χ3n) is 4.67. The summed E-state index contributed by atoms with van der Waals surface area (Å²) < 4.78 is 9.24. The molecule has 4 rings (SSSR count). The largest absolute Gasteiger partial charge is 0.489 e. The molecule has 0 saturated carbocycles. The van der Waals surface area contributed by atoms with Crippen LogP contribution >= 0.6 is 0 Å². The van der Waals surface area contributed by atoms with Gasteiger partial charge < -0.3 is 25.5 Å². The molecule has 3 aromatic rings. The van der Waals surface area contributed by atoms with E-state index >= 15 is 0 Å². The van der Waals surface area contributed by atoms with Crippen molar-refractivity contribution < 1.29 is 9.84 Å². The van der Waals surface area contributed by atoms with Crippen molar-refractivity contribution in [3.8, 4) is 0 Å². The number of nitrogens with zero attached hydrogens (tertiary/aromatic N) is 5. The fourth-order valence-electron chi connectivity index (χ4n) is 3.18. The van der Waals surface area contributed by atoms with E-state index in [1.165, 1.54) is 6.08 Å². The highest BCUT2D eigenvalue weighted by atomic mass is 16.5. The van der Waals surface area contributed by atoms with E-state index in [9.17, 15) is 0 Å². The number of anilines is 1. The highest BCUT2D eigenvalue weighted by molar-refractivity contribution is 6.50. The zero-order valence-corrected chi connectivity index (χ0v) is 16.9. The van der Waals surface area contributed by atoms with Crippen LogP contribution in [0.5, 0.6) is 0 Å². The molecule has 10 nitrogen and oxygen atoms in total. The minimum atomic E-state index is -0.129. The molecule has 3 heterocycles. The summed E-state index contributed by atoms with van der Waals surface area (Å²) in [5.74, 6) is 1.01. The van der Waals surface area contributed by atoms with E-state index in [0.29, 0.717) is 35.2 Å². The van der Waals surface area contributed by atoms with E-state index in [2.05, 4.69) is 15.4 Å². The molecule has 10 heteroatoms. The van der Waals surface area contributed by atoms with Crippen molar-refractivity contribution in [1.82, 2.24) is 19.2 Å². The molecule has 0 saturated heterocycles. The summed E-state index contributed by atoms with van der Waals surface area (Å²) >= 11 is 0. The number of aryl methyl sites for hydroxylation is 1. The van der Waals surface area contributed by atoms with Crippen molar-refractivity contribution in [2.24, 2.45) is 10.7 Å². The molecule has 0 aliphatic heterocycles. The minimum Gasteiger partial charge on any atom is -0.489 e. The Morgan fingerprint density at radius 3 is 2.97 bits per heavy atom. The van der Waals surface area contributed by atoms with E-state index in [4.69, 9.17) is 26.0 Å². The fraction of sp³-hybridized carbons (Fsp3) is 0.238. The SMILES string of the molecule is N=C1C=C(N)C(OCCO)=CC1=Nc1c(NCCCn2ccnc2)nn2ccccc12. The topological polar surface area (TPSA) is 139 Å². The van der Waals surface area contributed by atoms with E-state index in [0.717, 1.165) is 18.5 Å². The van der Waals surface area contributed by atoms with Gasteiger partial charge in [-0.2, -0.15) is 0 Å². The zero-order chi connectivity index (χ0) is 21.6. The normalized spacial score (nSPS) is 15.3. The van der Waals surface area contributed by atoms with Crippen LogP contribution in [0.3, 0.4) is 0 Å². The fourth-order valence-corrected chi connectivity index (χ4v) is 3.18. The Kier molecular flexibility index (Phi) is 6.08. The van der Waals surface area contributed by atoms with Crippen molar-refractivity contribution in [3.05, 3.63) is 66.7 Å². The van der Waals surface area contributed by atoms with Crippen LogP contribution in [0.25, 0.3) is 5.52 Å². The highest BCUT2D eigenvalue weighted by Gasteiger charge is 2.18. The Balaban J connectivity index is 1.60. The smallest absolute Gasteiger partial charge is 0.175 e. The molecule has 0 fully saturated rings. The van der Waals surface area contributed by atoms with Crippen LogP contribution in [0, 0.1) is 5.41 Å². The Hall–Kier alpha value is -3.92. The van der Waals surface area contributed by atoms with Gasteiger partial charge in [-0.1, -0.05) is 6.07 Å². The van der Waals surface area contributed by atoms with Gasteiger partial charge in [0.1, 0.15) is 18.1 Å². The van der Waals surface area contributed by atoms with Gasteiger partial charge in [0.15, 0.2) is 5.82 Å². The summed E-state index contributed by atoms with van der Waals surface area (Å²) in [4.78, 5) is 8.77. The maximum atomic E-state index is 9.02. The third-order valence-corrected chi connectivity index (χ3v) is 4.67. The first kappa shape index (κ1) is 20.4. The maximum absolute atomic E-state index is 9.02. The van der Waals surface area contributed by atoms with Crippen LogP contribution in [0.1, 0.15) is 6.42 Å². The molecule has 0 bridgehead atoms. The molecular weight excluding hydrogens is 396 g/mol. The van der Waals surface area contributed by atoms with E-state index in [-0.39, 0.29) is 18.9 Å². The average molecular weight is 420 g/mol. The molecule has 160 valence electrons. The number of aliphatic imine (C=N–C) groups is 1. The summed E-state index contributed by atoms with van der Waals surface area (Å²) in [7, 11) is 0. The number of nitrogens with two attached hydrogens (primary N) is 1. The van der Waals surface area contributed by atoms with Gasteiger partial charge in [0.25, 0.3) is 0 Å². The second-order valence-electron chi connectivity index (χ2n) is 6.90. The number of fused-ring (bicyclic) bond motifs is 1. The third kappa shape index (κ3) is 4.64. The van der Waals surface area contributed by atoms with Crippen LogP contribution in [0.15, 0.2) is 71.7 Å². The summed E-state index contributed by atoms with van der Waals surface area (Å²) in [6.07, 6.45) is 11.3. The average Bonchev–Trinajstić information content (AvgIpc) is 3.40. The number of hydrogen-bond acceptors (Lipinski definition) is 8.